The van der Waals surface area contributed by atoms with E-state index >= 15 is 0 Å². The van der Waals surface area contributed by atoms with Gasteiger partial charge < -0.3 is 20.2 Å². The Morgan fingerprint density at radius 3 is 2.85 bits per heavy atom. The number of rotatable bonds is 8. The molecule has 168 valence electrons. The normalized spacial score (nSPS) is 11.1. The van der Waals surface area contributed by atoms with E-state index < -0.39 is 5.91 Å². The van der Waals surface area contributed by atoms with Gasteiger partial charge in [0.25, 0.3) is 5.56 Å². The van der Waals surface area contributed by atoms with Crippen molar-refractivity contribution in [1.29, 1.82) is 0 Å². The fourth-order valence-electron chi connectivity index (χ4n) is 3.53. The van der Waals surface area contributed by atoms with Gasteiger partial charge in [-0.25, -0.2) is 15.0 Å². The highest BCUT2D eigenvalue weighted by molar-refractivity contribution is 5.99. The van der Waals surface area contributed by atoms with Crippen LogP contribution in [-0.4, -0.2) is 43.0 Å². The zero-order valence-electron chi connectivity index (χ0n) is 18.5. The number of amides is 1. The summed E-state index contributed by atoms with van der Waals surface area (Å²) in [6.07, 6.45) is 9.71. The van der Waals surface area contributed by atoms with Gasteiger partial charge in [0.2, 0.25) is 5.91 Å². The zero-order valence-corrected chi connectivity index (χ0v) is 18.5. The lowest BCUT2D eigenvalue weighted by Crippen LogP contribution is -2.32. The molecule has 0 spiro atoms. The molecule has 0 unspecified atom stereocenters. The number of nitrogens with one attached hydrogen (secondary N) is 3. The molecule has 1 amide bonds. The van der Waals surface area contributed by atoms with Gasteiger partial charge in [-0.15, -0.1) is 0 Å². The molecule has 3 N–H and O–H groups in total. The monoisotopic (exact) mass is 443 g/mol. The number of anilines is 1. The molecular formula is C24H25N7O2. The first kappa shape index (κ1) is 22.1. The predicted octanol–water partition coefficient (Wildman–Crippen LogP) is 2.97. The van der Waals surface area contributed by atoms with Gasteiger partial charge in [-0.05, 0) is 24.3 Å². The fourth-order valence-corrected chi connectivity index (χ4v) is 3.53. The minimum Gasteiger partial charge on any atom is -0.345 e. The molecular weight excluding hydrogens is 418 g/mol. The van der Waals surface area contributed by atoms with Crippen molar-refractivity contribution in [3.8, 4) is 22.4 Å². The summed E-state index contributed by atoms with van der Waals surface area (Å²) in [6, 6.07) is 5.78. The molecule has 0 aliphatic rings. The highest BCUT2D eigenvalue weighted by Crippen LogP contribution is 2.30. The summed E-state index contributed by atoms with van der Waals surface area (Å²) in [7, 11) is 0. The van der Waals surface area contributed by atoms with E-state index in [4.69, 9.17) is 0 Å². The molecule has 0 aromatic carbocycles. The van der Waals surface area contributed by atoms with Crippen LogP contribution in [0, 0.1) is 0 Å². The zero-order chi connectivity index (χ0) is 23.4. The second-order valence-electron chi connectivity index (χ2n) is 7.86. The van der Waals surface area contributed by atoms with Crippen molar-refractivity contribution in [3.63, 3.8) is 0 Å². The Morgan fingerprint density at radius 2 is 2.12 bits per heavy atom. The molecule has 0 saturated heterocycles. The molecule has 0 fully saturated rings. The van der Waals surface area contributed by atoms with E-state index in [9.17, 15) is 9.59 Å². The SMILES string of the molecule is C=CC(=O)Nc1cc(-c2cnc3[nH]cc(-c4ccncn4)c3c2)cn(CCNC(C)C)c1=O. The molecule has 0 aliphatic carbocycles. The molecule has 33 heavy (non-hydrogen) atoms. The largest absolute Gasteiger partial charge is 0.345 e. The highest BCUT2D eigenvalue weighted by atomic mass is 16.2. The van der Waals surface area contributed by atoms with Crippen molar-refractivity contribution in [2.45, 2.75) is 26.4 Å². The Labute approximate surface area is 190 Å². The summed E-state index contributed by atoms with van der Waals surface area (Å²) >= 11 is 0. The van der Waals surface area contributed by atoms with Gasteiger partial charge >= 0.3 is 0 Å². The smallest absolute Gasteiger partial charge is 0.274 e. The standard InChI is InChI=1S/C24H25N7O2/c1-4-22(32)30-21-10-17(13-31(24(21)33)8-7-26-15(2)3)16-9-18-19(12-28-23(18)27-11-16)20-5-6-25-14-29-20/h4-6,9-15,26H,1,7-8H2,2-3H3,(H,27,28)(H,30,32). The fraction of sp³-hybridized carbons (Fsp3) is 0.208. The number of nitrogens with zero attached hydrogens (tertiary/aromatic N) is 4. The van der Waals surface area contributed by atoms with Crippen molar-refractivity contribution in [1.82, 2.24) is 29.8 Å². The maximum absolute atomic E-state index is 12.9. The maximum atomic E-state index is 12.9. The van der Waals surface area contributed by atoms with E-state index in [1.165, 1.54) is 6.33 Å². The van der Waals surface area contributed by atoms with Crippen LogP contribution in [-0.2, 0) is 11.3 Å². The first-order chi connectivity index (χ1) is 16.0. The number of fused-ring (bicyclic) bond motifs is 1. The predicted molar refractivity (Wildman–Crippen MR) is 129 cm³/mol. The minimum atomic E-state index is -0.443. The highest BCUT2D eigenvalue weighted by Gasteiger charge is 2.14. The Bertz CT molecular complexity index is 1360. The Morgan fingerprint density at radius 1 is 1.27 bits per heavy atom. The van der Waals surface area contributed by atoms with Gasteiger partial charge in [-0.2, -0.15) is 0 Å². The van der Waals surface area contributed by atoms with Crippen LogP contribution in [0.5, 0.6) is 0 Å². The first-order valence-electron chi connectivity index (χ1n) is 10.6. The van der Waals surface area contributed by atoms with Gasteiger partial charge in [-0.3, -0.25) is 9.59 Å². The van der Waals surface area contributed by atoms with Crippen molar-refractivity contribution in [3.05, 3.63) is 72.3 Å². The second kappa shape index (κ2) is 9.58. The van der Waals surface area contributed by atoms with Crippen LogP contribution < -0.4 is 16.2 Å². The molecule has 9 nitrogen and oxygen atoms in total. The van der Waals surface area contributed by atoms with E-state index in [1.807, 2.05) is 32.2 Å². The van der Waals surface area contributed by atoms with E-state index in [0.717, 1.165) is 39.5 Å². The van der Waals surface area contributed by atoms with Crippen LogP contribution in [0.3, 0.4) is 0 Å². The third-order valence-electron chi connectivity index (χ3n) is 5.16. The van der Waals surface area contributed by atoms with Crippen LogP contribution in [0.25, 0.3) is 33.4 Å². The topological polar surface area (TPSA) is 118 Å². The Balaban J connectivity index is 1.79. The van der Waals surface area contributed by atoms with E-state index in [1.54, 1.807) is 29.2 Å². The summed E-state index contributed by atoms with van der Waals surface area (Å²) in [5.74, 6) is -0.443. The lowest BCUT2D eigenvalue weighted by atomic mass is 10.1. The van der Waals surface area contributed by atoms with Gasteiger partial charge in [0.1, 0.15) is 17.7 Å². The van der Waals surface area contributed by atoms with Gasteiger partial charge in [0, 0.05) is 66.0 Å². The number of carbonyl (C=O) groups is 1. The number of carbonyl (C=O) groups excluding carboxylic acids is 1. The number of H-pyrrole nitrogens is 1. The number of aromatic nitrogens is 5. The van der Waals surface area contributed by atoms with Crippen molar-refractivity contribution in [2.24, 2.45) is 0 Å². The van der Waals surface area contributed by atoms with Crippen LogP contribution >= 0.6 is 0 Å². The van der Waals surface area contributed by atoms with Crippen LogP contribution in [0.2, 0.25) is 0 Å². The molecule has 4 rings (SSSR count). The van der Waals surface area contributed by atoms with Crippen molar-refractivity contribution < 1.29 is 4.79 Å². The van der Waals surface area contributed by atoms with Crippen LogP contribution in [0.15, 0.2) is 66.8 Å². The van der Waals surface area contributed by atoms with Crippen molar-refractivity contribution in [2.75, 3.05) is 11.9 Å². The minimum absolute atomic E-state index is 0.187. The van der Waals surface area contributed by atoms with Crippen LogP contribution in [0.1, 0.15) is 13.8 Å². The molecule has 4 heterocycles. The molecule has 4 aromatic rings. The maximum Gasteiger partial charge on any atom is 0.274 e. The first-order valence-corrected chi connectivity index (χ1v) is 10.6. The summed E-state index contributed by atoms with van der Waals surface area (Å²) < 4.78 is 1.59. The quantitative estimate of drug-likeness (QED) is 0.361. The number of hydrogen-bond acceptors (Lipinski definition) is 6. The van der Waals surface area contributed by atoms with Gasteiger partial charge in [0.05, 0.1) is 5.69 Å². The Kier molecular flexibility index (Phi) is 6.41. The molecule has 0 bridgehead atoms. The Hall–Kier alpha value is -4.11. The molecule has 0 radical (unpaired) electrons. The molecule has 0 saturated carbocycles. The third kappa shape index (κ3) is 4.88. The number of hydrogen-bond donors (Lipinski definition) is 3. The molecule has 0 aliphatic heterocycles. The van der Waals surface area contributed by atoms with E-state index in [2.05, 4.69) is 37.1 Å². The molecule has 0 atom stereocenters. The van der Waals surface area contributed by atoms with Crippen molar-refractivity contribution >= 4 is 22.6 Å². The second-order valence-corrected chi connectivity index (χ2v) is 7.86. The number of aromatic amines is 1. The van der Waals surface area contributed by atoms with Gasteiger partial charge in [-0.1, -0.05) is 20.4 Å². The molecule has 9 heteroatoms. The van der Waals surface area contributed by atoms with E-state index in [0.29, 0.717) is 19.1 Å². The lowest BCUT2D eigenvalue weighted by Gasteiger charge is -2.14. The molecule has 4 aromatic heterocycles. The average molecular weight is 444 g/mol. The summed E-state index contributed by atoms with van der Waals surface area (Å²) in [5, 5.41) is 6.82. The third-order valence-corrected chi connectivity index (χ3v) is 5.16. The van der Waals surface area contributed by atoms with Gasteiger partial charge in [0.15, 0.2) is 0 Å². The lowest BCUT2D eigenvalue weighted by molar-refractivity contribution is -0.111. The summed E-state index contributed by atoms with van der Waals surface area (Å²) in [5.41, 5.74) is 3.86. The van der Waals surface area contributed by atoms with Crippen LogP contribution in [0.4, 0.5) is 5.69 Å². The summed E-state index contributed by atoms with van der Waals surface area (Å²) in [6.45, 7) is 8.62. The average Bonchev–Trinajstić information content (AvgIpc) is 3.25. The number of pyridine rings is 2. The summed E-state index contributed by atoms with van der Waals surface area (Å²) in [4.78, 5) is 40.9. The van der Waals surface area contributed by atoms with E-state index in [-0.39, 0.29) is 11.2 Å².